The zero-order valence-electron chi connectivity index (χ0n) is 17.2. The van der Waals surface area contributed by atoms with E-state index < -0.39 is 42.0 Å². The Morgan fingerprint density at radius 3 is 2.62 bits per heavy atom. The highest BCUT2D eigenvalue weighted by molar-refractivity contribution is 6.08. The van der Waals surface area contributed by atoms with E-state index >= 15 is 0 Å². The molecule has 1 N–H and O–H groups in total. The Labute approximate surface area is 181 Å². The molecule has 1 aromatic heterocycles. The van der Waals surface area contributed by atoms with Gasteiger partial charge in [-0.3, -0.25) is 19.5 Å². The number of halogens is 2. The first kappa shape index (κ1) is 21.7. The van der Waals surface area contributed by atoms with Gasteiger partial charge in [0.2, 0.25) is 11.8 Å². The second-order valence-corrected chi connectivity index (χ2v) is 7.98. The predicted octanol–water partition coefficient (Wildman–Crippen LogP) is 2.89. The quantitative estimate of drug-likeness (QED) is 0.680. The number of carboxylic acids is 1. The molecule has 1 aromatic carbocycles. The normalized spacial score (nSPS) is 21.8. The SMILES string of the molecule is Cc1cc(C[C@H]2C(=O)N(C(=O)C[C@H](C)c3ccc4c(c3)OC(F)(F)O4)[C@@H]2C(=O)O)ccn1. The Morgan fingerprint density at radius 1 is 1.22 bits per heavy atom. The van der Waals surface area contributed by atoms with Crippen LogP contribution >= 0.6 is 0 Å². The molecule has 3 atom stereocenters. The number of imide groups is 1. The predicted molar refractivity (Wildman–Crippen MR) is 105 cm³/mol. The van der Waals surface area contributed by atoms with E-state index in [0.717, 1.165) is 16.2 Å². The molecule has 0 spiro atoms. The van der Waals surface area contributed by atoms with Crippen LogP contribution in [0, 0.1) is 12.8 Å². The Hall–Kier alpha value is -3.56. The van der Waals surface area contributed by atoms with E-state index in [-0.39, 0.29) is 24.3 Å². The van der Waals surface area contributed by atoms with Crippen LogP contribution in [0.5, 0.6) is 11.5 Å². The molecule has 8 nitrogen and oxygen atoms in total. The molecule has 168 valence electrons. The number of fused-ring (bicyclic) bond motifs is 1. The number of carbonyl (C=O) groups is 3. The Bertz CT molecular complexity index is 1110. The summed E-state index contributed by atoms with van der Waals surface area (Å²) in [5.41, 5.74) is 2.02. The highest BCUT2D eigenvalue weighted by Crippen LogP contribution is 2.42. The summed E-state index contributed by atoms with van der Waals surface area (Å²) < 4.78 is 35.2. The second-order valence-electron chi connectivity index (χ2n) is 7.98. The van der Waals surface area contributed by atoms with Gasteiger partial charge in [-0.1, -0.05) is 13.0 Å². The number of carbonyl (C=O) groups excluding carboxylic acids is 2. The third-order valence-corrected chi connectivity index (χ3v) is 5.63. The largest absolute Gasteiger partial charge is 0.586 e. The average molecular weight is 446 g/mol. The summed E-state index contributed by atoms with van der Waals surface area (Å²) in [4.78, 5) is 42.1. The number of hydrogen-bond donors (Lipinski definition) is 1. The van der Waals surface area contributed by atoms with E-state index in [4.69, 9.17) is 0 Å². The van der Waals surface area contributed by atoms with Crippen LogP contribution in [0.1, 0.15) is 36.1 Å². The first-order valence-corrected chi connectivity index (χ1v) is 9.96. The van der Waals surface area contributed by atoms with Crippen molar-refractivity contribution in [1.82, 2.24) is 9.88 Å². The molecule has 1 saturated heterocycles. The Morgan fingerprint density at radius 2 is 1.94 bits per heavy atom. The van der Waals surface area contributed by atoms with Crippen LogP contribution < -0.4 is 9.47 Å². The number of benzene rings is 1. The summed E-state index contributed by atoms with van der Waals surface area (Å²) in [6, 6.07) is 6.38. The van der Waals surface area contributed by atoms with Gasteiger partial charge >= 0.3 is 12.3 Å². The molecule has 1 fully saturated rings. The second kappa shape index (κ2) is 7.85. The maximum absolute atomic E-state index is 13.2. The molecule has 0 aliphatic carbocycles. The molecular formula is C22H20F2N2O6. The molecule has 0 radical (unpaired) electrons. The number of aryl methyl sites for hydroxylation is 1. The Balaban J connectivity index is 1.45. The van der Waals surface area contributed by atoms with E-state index in [1.165, 1.54) is 18.2 Å². The van der Waals surface area contributed by atoms with Crippen LogP contribution in [-0.2, 0) is 20.8 Å². The minimum Gasteiger partial charge on any atom is -0.480 e. The van der Waals surface area contributed by atoms with Gasteiger partial charge in [0.1, 0.15) is 6.04 Å². The first-order chi connectivity index (χ1) is 15.1. The molecule has 2 aromatic rings. The van der Waals surface area contributed by atoms with Gasteiger partial charge in [-0.05, 0) is 54.7 Å². The number of carboxylic acid groups (broad SMARTS) is 1. The first-order valence-electron chi connectivity index (χ1n) is 9.96. The number of ether oxygens (including phenoxy) is 2. The number of alkyl halides is 2. The summed E-state index contributed by atoms with van der Waals surface area (Å²) in [7, 11) is 0. The summed E-state index contributed by atoms with van der Waals surface area (Å²) in [5, 5.41) is 9.62. The van der Waals surface area contributed by atoms with Crippen LogP contribution in [0.2, 0.25) is 0 Å². The minimum atomic E-state index is -3.75. The molecular weight excluding hydrogens is 426 g/mol. The van der Waals surface area contributed by atoms with E-state index in [2.05, 4.69) is 14.5 Å². The standard InChI is InChI=1S/C22H20F2N2O6/c1-11(14-3-4-16-17(10-14)32-22(23,24)31-16)7-18(27)26-19(21(29)30)15(20(26)28)9-13-5-6-25-12(2)8-13/h3-6,8,10-11,15,19H,7,9H2,1-2H3,(H,29,30)/t11-,15+,19-/m0/s1. The van der Waals surface area contributed by atoms with Crippen molar-refractivity contribution < 1.29 is 37.7 Å². The summed E-state index contributed by atoms with van der Waals surface area (Å²) in [6.45, 7) is 3.46. The number of β-lactam (4-membered cyclic amide) rings is 1. The van der Waals surface area contributed by atoms with Crippen molar-refractivity contribution in [1.29, 1.82) is 0 Å². The van der Waals surface area contributed by atoms with Gasteiger partial charge in [0.05, 0.1) is 5.92 Å². The highest BCUT2D eigenvalue weighted by atomic mass is 19.3. The third kappa shape index (κ3) is 4.00. The molecule has 2 aliphatic heterocycles. The number of hydrogen-bond acceptors (Lipinski definition) is 6. The van der Waals surface area contributed by atoms with Gasteiger partial charge < -0.3 is 14.6 Å². The van der Waals surface area contributed by atoms with Crippen LogP contribution in [-0.4, -0.2) is 45.1 Å². The minimum absolute atomic E-state index is 0.115. The van der Waals surface area contributed by atoms with Crippen LogP contribution in [0.3, 0.4) is 0 Å². The lowest BCUT2D eigenvalue weighted by Crippen LogP contribution is -2.66. The fourth-order valence-corrected chi connectivity index (χ4v) is 4.04. The lowest BCUT2D eigenvalue weighted by Gasteiger charge is -2.43. The molecule has 10 heteroatoms. The van der Waals surface area contributed by atoms with Crippen molar-refractivity contribution in [3.63, 3.8) is 0 Å². The van der Waals surface area contributed by atoms with Gasteiger partial charge in [-0.25, -0.2) is 4.79 Å². The summed E-state index contributed by atoms with van der Waals surface area (Å²) in [5.74, 6) is -4.03. The fourth-order valence-electron chi connectivity index (χ4n) is 4.04. The van der Waals surface area contributed by atoms with Crippen molar-refractivity contribution >= 4 is 17.8 Å². The monoisotopic (exact) mass is 446 g/mol. The lowest BCUT2D eigenvalue weighted by molar-refractivity contribution is -0.286. The van der Waals surface area contributed by atoms with Crippen LogP contribution in [0.25, 0.3) is 0 Å². The zero-order chi connectivity index (χ0) is 23.2. The zero-order valence-corrected chi connectivity index (χ0v) is 17.2. The number of amides is 2. The van der Waals surface area contributed by atoms with Gasteiger partial charge in [-0.15, -0.1) is 8.78 Å². The molecule has 2 amide bonds. The lowest BCUT2D eigenvalue weighted by atomic mass is 9.81. The Kier molecular flexibility index (Phi) is 5.31. The molecule has 0 unspecified atom stereocenters. The van der Waals surface area contributed by atoms with E-state index in [1.807, 2.05) is 0 Å². The molecule has 0 bridgehead atoms. The number of rotatable bonds is 6. The molecule has 2 aliphatic rings. The topological polar surface area (TPSA) is 106 Å². The van der Waals surface area contributed by atoms with Crippen molar-refractivity contribution in [3.05, 3.63) is 53.3 Å². The smallest absolute Gasteiger partial charge is 0.480 e. The van der Waals surface area contributed by atoms with Gasteiger partial charge in [-0.2, -0.15) is 0 Å². The number of aliphatic carboxylic acids is 1. The van der Waals surface area contributed by atoms with Gasteiger partial charge in [0, 0.05) is 18.3 Å². The van der Waals surface area contributed by atoms with E-state index in [1.54, 1.807) is 32.2 Å². The molecule has 3 heterocycles. The van der Waals surface area contributed by atoms with Crippen molar-refractivity contribution in [2.75, 3.05) is 0 Å². The highest BCUT2D eigenvalue weighted by Gasteiger charge is 2.54. The number of likely N-dealkylation sites (tertiary alicyclic amines) is 1. The molecule has 32 heavy (non-hydrogen) atoms. The third-order valence-electron chi connectivity index (χ3n) is 5.63. The molecule has 0 saturated carbocycles. The number of nitrogens with zero attached hydrogens (tertiary/aromatic N) is 2. The number of pyridine rings is 1. The maximum atomic E-state index is 13.2. The fraction of sp³-hybridized carbons (Fsp3) is 0.364. The number of aromatic nitrogens is 1. The van der Waals surface area contributed by atoms with Crippen molar-refractivity contribution in [2.45, 2.75) is 44.9 Å². The maximum Gasteiger partial charge on any atom is 0.586 e. The van der Waals surface area contributed by atoms with Crippen LogP contribution in [0.4, 0.5) is 8.78 Å². The van der Waals surface area contributed by atoms with Crippen molar-refractivity contribution in [2.24, 2.45) is 5.92 Å². The van der Waals surface area contributed by atoms with E-state index in [9.17, 15) is 28.3 Å². The molecule has 4 rings (SSSR count). The van der Waals surface area contributed by atoms with Crippen LogP contribution in [0.15, 0.2) is 36.5 Å². The van der Waals surface area contributed by atoms with Gasteiger partial charge in [0.15, 0.2) is 11.5 Å². The van der Waals surface area contributed by atoms with E-state index in [0.29, 0.717) is 5.56 Å². The summed E-state index contributed by atoms with van der Waals surface area (Å²) in [6.07, 6.45) is -2.15. The van der Waals surface area contributed by atoms with Gasteiger partial charge in [0.25, 0.3) is 0 Å². The van der Waals surface area contributed by atoms with Crippen molar-refractivity contribution in [3.8, 4) is 11.5 Å². The average Bonchev–Trinajstić information content (AvgIpc) is 3.02. The summed E-state index contributed by atoms with van der Waals surface area (Å²) >= 11 is 0.